The summed E-state index contributed by atoms with van der Waals surface area (Å²) in [5.41, 5.74) is 6.17. The molecule has 1 aliphatic heterocycles. The average molecular weight is 228 g/mol. The quantitative estimate of drug-likeness (QED) is 0.829. The Morgan fingerprint density at radius 3 is 2.94 bits per heavy atom. The highest BCUT2D eigenvalue weighted by atomic mass is 14.9. The maximum absolute atomic E-state index is 3.89. The number of rotatable bonds is 3. The normalized spacial score (nSPS) is 15.4. The van der Waals surface area contributed by atoms with Crippen molar-refractivity contribution in [1.82, 2.24) is 5.32 Å². The summed E-state index contributed by atoms with van der Waals surface area (Å²) in [5, 5.41) is 6.81. The Morgan fingerprint density at radius 1 is 1.47 bits per heavy atom. The molecule has 0 aliphatic carbocycles. The predicted molar refractivity (Wildman–Crippen MR) is 75.1 cm³/mol. The zero-order valence-corrected chi connectivity index (χ0v) is 10.8. The molecular formula is C15H20N2. The fourth-order valence-corrected chi connectivity index (χ4v) is 2.15. The summed E-state index contributed by atoms with van der Waals surface area (Å²) in [4.78, 5) is 0. The molecule has 90 valence electrons. The van der Waals surface area contributed by atoms with E-state index in [4.69, 9.17) is 0 Å². The van der Waals surface area contributed by atoms with Crippen LogP contribution in [0, 0.1) is 6.92 Å². The molecule has 1 aromatic rings. The molecule has 0 amide bonds. The molecule has 0 saturated heterocycles. The highest BCUT2D eigenvalue weighted by Crippen LogP contribution is 2.25. The van der Waals surface area contributed by atoms with E-state index in [9.17, 15) is 0 Å². The van der Waals surface area contributed by atoms with Crippen LogP contribution < -0.4 is 10.6 Å². The largest absolute Gasteiger partial charge is 0.383 e. The molecule has 2 N–H and O–H groups in total. The zero-order valence-electron chi connectivity index (χ0n) is 10.8. The summed E-state index contributed by atoms with van der Waals surface area (Å²) < 4.78 is 0. The Morgan fingerprint density at radius 2 is 2.24 bits per heavy atom. The van der Waals surface area contributed by atoms with Gasteiger partial charge in [-0.2, -0.15) is 0 Å². The Bertz CT molecular complexity index is 472. The van der Waals surface area contributed by atoms with Crippen LogP contribution in [0.5, 0.6) is 0 Å². The van der Waals surface area contributed by atoms with Crippen molar-refractivity contribution in [3.8, 4) is 0 Å². The van der Waals surface area contributed by atoms with Crippen LogP contribution in [0.4, 0.5) is 5.69 Å². The van der Waals surface area contributed by atoms with E-state index < -0.39 is 0 Å². The summed E-state index contributed by atoms with van der Waals surface area (Å²) in [6, 6.07) is 6.83. The molecule has 1 aromatic carbocycles. The van der Waals surface area contributed by atoms with Crippen molar-refractivity contribution in [2.75, 3.05) is 11.9 Å². The predicted octanol–water partition coefficient (Wildman–Crippen LogP) is 3.32. The summed E-state index contributed by atoms with van der Waals surface area (Å²) in [6.45, 7) is 11.1. The molecule has 0 radical (unpaired) electrons. The van der Waals surface area contributed by atoms with Crippen molar-refractivity contribution in [1.29, 1.82) is 0 Å². The minimum Gasteiger partial charge on any atom is -0.383 e. The van der Waals surface area contributed by atoms with Gasteiger partial charge < -0.3 is 10.6 Å². The molecular weight excluding hydrogens is 208 g/mol. The lowest BCUT2D eigenvalue weighted by molar-refractivity contribution is 0.690. The standard InChI is InChI=1S/C15H20N2/c1-10(2)17-12(4)14-8-13-7-11(3)5-6-15(13)16-9-14/h5-8,12,16-17H,1,9H2,2-4H3. The zero-order chi connectivity index (χ0) is 12.4. The Hall–Kier alpha value is -1.70. The van der Waals surface area contributed by atoms with E-state index >= 15 is 0 Å². The molecule has 0 bridgehead atoms. The number of anilines is 1. The molecule has 2 rings (SSSR count). The van der Waals surface area contributed by atoms with Gasteiger partial charge in [0.25, 0.3) is 0 Å². The van der Waals surface area contributed by atoms with Crippen LogP contribution in [0.2, 0.25) is 0 Å². The van der Waals surface area contributed by atoms with Crippen molar-refractivity contribution < 1.29 is 0 Å². The van der Waals surface area contributed by atoms with E-state index in [1.165, 1.54) is 22.4 Å². The van der Waals surface area contributed by atoms with Crippen LogP contribution in [0.3, 0.4) is 0 Å². The highest BCUT2D eigenvalue weighted by Gasteiger charge is 2.14. The highest BCUT2D eigenvalue weighted by molar-refractivity contribution is 5.73. The molecule has 2 heteroatoms. The number of nitrogens with one attached hydrogen (secondary N) is 2. The van der Waals surface area contributed by atoms with Crippen LogP contribution in [0.15, 0.2) is 36.0 Å². The first kappa shape index (κ1) is 11.8. The van der Waals surface area contributed by atoms with Gasteiger partial charge in [0, 0.05) is 24.0 Å². The first-order valence-electron chi connectivity index (χ1n) is 6.03. The summed E-state index contributed by atoms with van der Waals surface area (Å²) in [5.74, 6) is 0. The molecule has 1 unspecified atom stereocenters. The van der Waals surface area contributed by atoms with E-state index in [0.29, 0.717) is 6.04 Å². The lowest BCUT2D eigenvalue weighted by atomic mass is 9.98. The first-order chi connectivity index (χ1) is 8.06. The van der Waals surface area contributed by atoms with E-state index in [-0.39, 0.29) is 0 Å². The van der Waals surface area contributed by atoms with Gasteiger partial charge in [-0.05, 0) is 50.1 Å². The average Bonchev–Trinajstić information content (AvgIpc) is 2.27. The van der Waals surface area contributed by atoms with Crippen LogP contribution in [0.25, 0.3) is 6.08 Å². The second kappa shape index (κ2) is 4.66. The molecule has 1 atom stereocenters. The second-order valence-corrected chi connectivity index (χ2v) is 4.81. The van der Waals surface area contributed by atoms with E-state index in [2.05, 4.69) is 55.3 Å². The topological polar surface area (TPSA) is 24.1 Å². The van der Waals surface area contributed by atoms with Gasteiger partial charge in [-0.3, -0.25) is 0 Å². The van der Waals surface area contributed by atoms with Gasteiger partial charge in [0.05, 0.1) is 0 Å². The molecule has 1 heterocycles. The summed E-state index contributed by atoms with van der Waals surface area (Å²) in [6.07, 6.45) is 2.28. The van der Waals surface area contributed by atoms with Gasteiger partial charge >= 0.3 is 0 Å². The second-order valence-electron chi connectivity index (χ2n) is 4.81. The fourth-order valence-electron chi connectivity index (χ4n) is 2.15. The van der Waals surface area contributed by atoms with Crippen LogP contribution in [0.1, 0.15) is 25.0 Å². The third-order valence-corrected chi connectivity index (χ3v) is 3.05. The number of hydrogen-bond donors (Lipinski definition) is 2. The van der Waals surface area contributed by atoms with Crippen molar-refractivity contribution in [2.45, 2.75) is 26.8 Å². The summed E-state index contributed by atoms with van der Waals surface area (Å²) in [7, 11) is 0. The molecule has 0 fully saturated rings. The van der Waals surface area contributed by atoms with Gasteiger partial charge in [-0.25, -0.2) is 0 Å². The van der Waals surface area contributed by atoms with Crippen LogP contribution >= 0.6 is 0 Å². The first-order valence-corrected chi connectivity index (χ1v) is 6.03. The summed E-state index contributed by atoms with van der Waals surface area (Å²) >= 11 is 0. The molecule has 17 heavy (non-hydrogen) atoms. The van der Waals surface area contributed by atoms with Crippen LogP contribution in [-0.4, -0.2) is 12.6 Å². The Balaban J connectivity index is 2.25. The monoisotopic (exact) mass is 228 g/mol. The molecule has 1 aliphatic rings. The number of hydrogen-bond acceptors (Lipinski definition) is 2. The molecule has 0 saturated carbocycles. The van der Waals surface area contributed by atoms with Gasteiger partial charge in [-0.15, -0.1) is 0 Å². The van der Waals surface area contributed by atoms with E-state index in [1.807, 2.05) is 6.92 Å². The van der Waals surface area contributed by atoms with Crippen molar-refractivity contribution >= 4 is 11.8 Å². The number of allylic oxidation sites excluding steroid dienone is 1. The Kier molecular flexibility index (Phi) is 3.23. The van der Waals surface area contributed by atoms with Gasteiger partial charge in [0.15, 0.2) is 0 Å². The smallest absolute Gasteiger partial charge is 0.0462 e. The molecule has 0 aromatic heterocycles. The van der Waals surface area contributed by atoms with Crippen LogP contribution in [-0.2, 0) is 0 Å². The number of benzene rings is 1. The van der Waals surface area contributed by atoms with E-state index in [1.54, 1.807) is 0 Å². The van der Waals surface area contributed by atoms with Gasteiger partial charge in [0.2, 0.25) is 0 Å². The minimum absolute atomic E-state index is 0.327. The number of fused-ring (bicyclic) bond motifs is 1. The van der Waals surface area contributed by atoms with Crippen molar-refractivity contribution in [3.05, 3.63) is 47.2 Å². The van der Waals surface area contributed by atoms with Gasteiger partial charge in [-0.1, -0.05) is 18.2 Å². The lowest BCUT2D eigenvalue weighted by Gasteiger charge is -2.24. The maximum atomic E-state index is 3.89. The molecule has 2 nitrogen and oxygen atoms in total. The lowest BCUT2D eigenvalue weighted by Crippen LogP contribution is -2.30. The van der Waals surface area contributed by atoms with E-state index in [0.717, 1.165) is 12.2 Å². The van der Waals surface area contributed by atoms with Gasteiger partial charge in [0.1, 0.15) is 0 Å². The SMILES string of the molecule is C=C(C)NC(C)C1=Cc2cc(C)ccc2NC1. The van der Waals surface area contributed by atoms with Crippen molar-refractivity contribution in [3.63, 3.8) is 0 Å². The maximum Gasteiger partial charge on any atom is 0.0462 e. The van der Waals surface area contributed by atoms with Crippen molar-refractivity contribution in [2.24, 2.45) is 0 Å². The fraction of sp³-hybridized carbons (Fsp3) is 0.333. The Labute approximate surface area is 103 Å². The third-order valence-electron chi connectivity index (χ3n) is 3.05. The molecule has 0 spiro atoms. The third kappa shape index (κ3) is 2.70. The number of aryl methyl sites for hydroxylation is 1. The minimum atomic E-state index is 0.327.